The first-order chi connectivity index (χ1) is 17.1. The van der Waals surface area contributed by atoms with Crippen LogP contribution in [0, 0.1) is 0 Å². The summed E-state index contributed by atoms with van der Waals surface area (Å²) >= 11 is 0. The third-order valence-corrected chi connectivity index (χ3v) is 5.33. The first-order valence-corrected chi connectivity index (χ1v) is 11.2. The topological polar surface area (TPSA) is 74.0 Å². The van der Waals surface area contributed by atoms with E-state index in [4.69, 9.17) is 23.9 Å². The summed E-state index contributed by atoms with van der Waals surface area (Å²) in [5.41, 5.74) is 1.14. The lowest BCUT2D eigenvalue weighted by Gasteiger charge is -2.32. The maximum Gasteiger partial charge on any atom is 0.222 e. The van der Waals surface area contributed by atoms with E-state index in [2.05, 4.69) is 9.98 Å². The molecule has 0 heterocycles. The monoisotopic (exact) mass is 473 g/mol. The van der Waals surface area contributed by atoms with Gasteiger partial charge in [-0.1, -0.05) is 54.6 Å². The zero-order chi connectivity index (χ0) is 24.9. The van der Waals surface area contributed by atoms with Crippen molar-refractivity contribution in [2.45, 2.75) is 18.4 Å². The molecule has 7 nitrogen and oxygen atoms in total. The number of para-hydroxylation sites is 3. The van der Waals surface area contributed by atoms with Crippen molar-refractivity contribution in [3.05, 3.63) is 91.0 Å². The van der Waals surface area contributed by atoms with Gasteiger partial charge >= 0.3 is 0 Å². The van der Waals surface area contributed by atoms with Crippen molar-refractivity contribution < 1.29 is 18.9 Å². The predicted octanol–water partition coefficient (Wildman–Crippen LogP) is 6.28. The molecule has 35 heavy (non-hydrogen) atoms. The molecule has 7 heteroatoms. The van der Waals surface area contributed by atoms with Crippen LogP contribution in [0.15, 0.2) is 106 Å². The fourth-order valence-corrected chi connectivity index (χ4v) is 3.49. The zero-order valence-electron chi connectivity index (χ0n) is 20.5. The van der Waals surface area contributed by atoms with Gasteiger partial charge in [0, 0.05) is 7.11 Å². The Hall–Kier alpha value is -3.97. The highest BCUT2D eigenvalue weighted by molar-refractivity contribution is 5.97. The number of aliphatic imine (C=N–C) groups is 3. The van der Waals surface area contributed by atoms with E-state index in [-0.39, 0.29) is 12.8 Å². The van der Waals surface area contributed by atoms with Crippen molar-refractivity contribution in [3.8, 4) is 0 Å². The Morgan fingerprint density at radius 2 is 0.914 bits per heavy atom. The predicted molar refractivity (Wildman–Crippen MR) is 141 cm³/mol. The maximum absolute atomic E-state index is 6.13. The summed E-state index contributed by atoms with van der Waals surface area (Å²) < 4.78 is 23.3. The standard InChI is InChI=1S/C28H31N3O4/c1-32-25(29-22-14-8-5-9-15-22)20-28(35-4,27(34-3)31-24-18-12-7-13-19-24)21-26(33-2)30-23-16-10-6-11-17-23/h5-19H,20-21H2,1-4H3/b29-25-,30-26?,31-27?. The van der Waals surface area contributed by atoms with Crippen LogP contribution in [0.3, 0.4) is 0 Å². The van der Waals surface area contributed by atoms with Crippen molar-refractivity contribution in [3.63, 3.8) is 0 Å². The van der Waals surface area contributed by atoms with Crippen LogP contribution in [0.4, 0.5) is 17.1 Å². The van der Waals surface area contributed by atoms with E-state index in [9.17, 15) is 0 Å². The normalized spacial score (nSPS) is 14.2. The van der Waals surface area contributed by atoms with Crippen molar-refractivity contribution in [2.75, 3.05) is 28.4 Å². The van der Waals surface area contributed by atoms with Gasteiger partial charge in [0.1, 0.15) is 0 Å². The highest BCUT2D eigenvalue weighted by Crippen LogP contribution is 2.29. The average molecular weight is 474 g/mol. The number of hydrogen-bond donors (Lipinski definition) is 0. The molecular weight excluding hydrogens is 442 g/mol. The van der Waals surface area contributed by atoms with E-state index in [0.29, 0.717) is 17.7 Å². The minimum absolute atomic E-state index is 0.228. The van der Waals surface area contributed by atoms with Gasteiger partial charge in [0.15, 0.2) is 17.4 Å². The van der Waals surface area contributed by atoms with Gasteiger partial charge in [-0.25, -0.2) is 15.0 Å². The Morgan fingerprint density at radius 3 is 1.23 bits per heavy atom. The molecule has 0 radical (unpaired) electrons. The van der Waals surface area contributed by atoms with Gasteiger partial charge in [0.25, 0.3) is 0 Å². The van der Waals surface area contributed by atoms with Gasteiger partial charge in [-0.15, -0.1) is 0 Å². The van der Waals surface area contributed by atoms with Crippen LogP contribution in [0.5, 0.6) is 0 Å². The highest BCUT2D eigenvalue weighted by atomic mass is 16.5. The van der Waals surface area contributed by atoms with Crippen LogP contribution in [0.25, 0.3) is 0 Å². The third kappa shape index (κ3) is 7.25. The lowest BCUT2D eigenvalue weighted by atomic mass is 9.93. The number of hydrogen-bond acceptors (Lipinski definition) is 7. The quantitative estimate of drug-likeness (QED) is 0.271. The van der Waals surface area contributed by atoms with Gasteiger partial charge < -0.3 is 18.9 Å². The number of ether oxygens (including phenoxy) is 4. The molecule has 0 aliphatic rings. The number of methoxy groups -OCH3 is 4. The summed E-state index contributed by atoms with van der Waals surface area (Å²) in [6.45, 7) is 0. The minimum Gasteiger partial charge on any atom is -0.484 e. The summed E-state index contributed by atoms with van der Waals surface area (Å²) in [6, 6.07) is 28.7. The lowest BCUT2D eigenvalue weighted by Crippen LogP contribution is -2.46. The molecule has 0 bridgehead atoms. The molecule has 1 unspecified atom stereocenters. The van der Waals surface area contributed by atoms with Gasteiger partial charge in [-0.05, 0) is 36.4 Å². The highest BCUT2D eigenvalue weighted by Gasteiger charge is 2.42. The smallest absolute Gasteiger partial charge is 0.222 e. The molecule has 0 aliphatic heterocycles. The van der Waals surface area contributed by atoms with Crippen LogP contribution in [-0.2, 0) is 18.9 Å². The van der Waals surface area contributed by atoms with Crippen LogP contribution in [0.2, 0.25) is 0 Å². The molecule has 0 amide bonds. The average Bonchev–Trinajstić information content (AvgIpc) is 2.92. The number of nitrogens with zero attached hydrogens (tertiary/aromatic N) is 3. The second kappa shape index (κ2) is 13.1. The van der Waals surface area contributed by atoms with Crippen molar-refractivity contribution >= 4 is 34.8 Å². The summed E-state index contributed by atoms with van der Waals surface area (Å²) in [5, 5.41) is 0. The molecule has 0 aromatic heterocycles. The van der Waals surface area contributed by atoms with E-state index in [1.807, 2.05) is 91.0 Å². The Kier molecular flexibility index (Phi) is 9.57. The fourth-order valence-electron chi connectivity index (χ4n) is 3.49. The van der Waals surface area contributed by atoms with E-state index in [1.165, 1.54) is 0 Å². The Balaban J connectivity index is 2.08. The molecule has 3 rings (SSSR count). The Morgan fingerprint density at radius 1 is 0.543 bits per heavy atom. The summed E-state index contributed by atoms with van der Waals surface area (Å²) in [5.74, 6) is 1.25. The Bertz CT molecular complexity index is 1070. The zero-order valence-corrected chi connectivity index (χ0v) is 20.5. The van der Waals surface area contributed by atoms with Gasteiger partial charge in [0.05, 0.1) is 51.2 Å². The SMILES string of the molecule is COC(CC(C/C(=N/c1ccccc1)OC)(OC)C(=Nc1ccccc1)OC)=Nc1ccccc1. The second-order valence-corrected chi connectivity index (χ2v) is 7.60. The lowest BCUT2D eigenvalue weighted by molar-refractivity contribution is 0.0358. The minimum atomic E-state index is -1.11. The third-order valence-electron chi connectivity index (χ3n) is 5.33. The number of rotatable bonds is 9. The summed E-state index contributed by atoms with van der Waals surface area (Å²) in [4.78, 5) is 14.1. The van der Waals surface area contributed by atoms with E-state index in [0.717, 1.165) is 17.1 Å². The van der Waals surface area contributed by atoms with E-state index >= 15 is 0 Å². The van der Waals surface area contributed by atoms with Crippen molar-refractivity contribution in [2.24, 2.45) is 15.0 Å². The molecule has 3 aromatic carbocycles. The number of benzene rings is 3. The van der Waals surface area contributed by atoms with Gasteiger partial charge in [0.2, 0.25) is 5.90 Å². The first kappa shape index (κ1) is 25.6. The fraction of sp³-hybridized carbons (Fsp3) is 0.250. The molecular formula is C28H31N3O4. The Labute approximate surface area is 206 Å². The molecule has 182 valence electrons. The first-order valence-electron chi connectivity index (χ1n) is 11.2. The van der Waals surface area contributed by atoms with Crippen LogP contribution in [-0.4, -0.2) is 51.7 Å². The van der Waals surface area contributed by atoms with Crippen LogP contribution < -0.4 is 0 Å². The second-order valence-electron chi connectivity index (χ2n) is 7.60. The van der Waals surface area contributed by atoms with Crippen LogP contribution >= 0.6 is 0 Å². The molecule has 1 atom stereocenters. The van der Waals surface area contributed by atoms with E-state index < -0.39 is 5.60 Å². The molecule has 0 saturated heterocycles. The molecule has 0 N–H and O–H groups in total. The molecule has 3 aromatic rings. The summed E-state index contributed by atoms with van der Waals surface area (Å²) in [7, 11) is 6.33. The van der Waals surface area contributed by atoms with Gasteiger partial charge in [-0.2, -0.15) is 0 Å². The molecule has 0 aliphatic carbocycles. The van der Waals surface area contributed by atoms with Crippen LogP contribution in [0.1, 0.15) is 12.8 Å². The van der Waals surface area contributed by atoms with Crippen molar-refractivity contribution in [1.29, 1.82) is 0 Å². The largest absolute Gasteiger partial charge is 0.484 e. The summed E-state index contributed by atoms with van der Waals surface area (Å²) in [6.07, 6.45) is 0.455. The maximum atomic E-state index is 6.13. The molecule has 0 spiro atoms. The van der Waals surface area contributed by atoms with E-state index in [1.54, 1.807) is 28.4 Å². The molecule has 0 saturated carbocycles. The van der Waals surface area contributed by atoms with Gasteiger partial charge in [-0.3, -0.25) is 0 Å². The van der Waals surface area contributed by atoms with Crippen molar-refractivity contribution in [1.82, 2.24) is 0 Å². The molecule has 0 fully saturated rings.